The van der Waals surface area contributed by atoms with Crippen LogP contribution in [0.2, 0.25) is 5.02 Å². The summed E-state index contributed by atoms with van der Waals surface area (Å²) in [5.74, 6) is 1.48. The van der Waals surface area contributed by atoms with E-state index < -0.39 is 0 Å². The van der Waals surface area contributed by atoms with E-state index in [9.17, 15) is 0 Å². The highest BCUT2D eigenvalue weighted by Gasteiger charge is 2.28. The lowest BCUT2D eigenvalue weighted by molar-refractivity contribution is 0.272. The maximum atomic E-state index is 5.81. The van der Waals surface area contributed by atoms with Crippen LogP contribution in [0.15, 0.2) is 24.3 Å². The largest absolute Gasteiger partial charge is 0.330 e. The maximum absolute atomic E-state index is 5.81. The van der Waals surface area contributed by atoms with Gasteiger partial charge < -0.3 is 5.73 Å². The molecule has 13 heavy (non-hydrogen) atoms. The fraction of sp³-hybridized carbons (Fsp3) is 0.455. The number of hydrogen-bond acceptors (Lipinski definition) is 1. The molecule has 70 valence electrons. The molecule has 1 aromatic carbocycles. The van der Waals surface area contributed by atoms with Gasteiger partial charge in [0.25, 0.3) is 0 Å². The fourth-order valence-electron chi connectivity index (χ4n) is 1.94. The highest BCUT2D eigenvalue weighted by Crippen LogP contribution is 2.40. The van der Waals surface area contributed by atoms with E-state index in [-0.39, 0.29) is 0 Å². The van der Waals surface area contributed by atoms with Crippen LogP contribution in [0.5, 0.6) is 0 Å². The smallest absolute Gasteiger partial charge is 0.0406 e. The summed E-state index contributed by atoms with van der Waals surface area (Å²) in [6.45, 7) is 0.837. The molecule has 1 aliphatic carbocycles. The molecule has 0 aromatic heterocycles. The van der Waals surface area contributed by atoms with Crippen LogP contribution in [0.3, 0.4) is 0 Å². The Bertz CT molecular complexity index is 275. The van der Waals surface area contributed by atoms with Gasteiger partial charge in [-0.1, -0.05) is 23.7 Å². The molecule has 0 amide bonds. The van der Waals surface area contributed by atoms with Crippen LogP contribution >= 0.6 is 11.6 Å². The molecule has 0 heterocycles. The third kappa shape index (κ3) is 1.87. The van der Waals surface area contributed by atoms with Crippen LogP contribution in [0.4, 0.5) is 0 Å². The van der Waals surface area contributed by atoms with E-state index in [1.165, 1.54) is 18.4 Å². The lowest BCUT2D eigenvalue weighted by Gasteiger charge is -2.34. The standard InChI is InChI=1S/C11H14ClN/c12-11-3-1-9(2-4-11)10-5-8(6-10)7-13/h1-4,8,10H,5-7,13H2. The molecule has 2 rings (SSSR count). The average molecular weight is 196 g/mol. The number of rotatable bonds is 2. The first-order valence-electron chi connectivity index (χ1n) is 4.75. The van der Waals surface area contributed by atoms with Crippen LogP contribution < -0.4 is 5.73 Å². The van der Waals surface area contributed by atoms with Gasteiger partial charge in [-0.3, -0.25) is 0 Å². The second-order valence-corrected chi connectivity index (χ2v) is 4.26. The first-order valence-corrected chi connectivity index (χ1v) is 5.13. The third-order valence-electron chi connectivity index (χ3n) is 2.91. The Morgan fingerprint density at radius 3 is 2.38 bits per heavy atom. The summed E-state index contributed by atoms with van der Waals surface area (Å²) in [7, 11) is 0. The van der Waals surface area contributed by atoms with Crippen molar-refractivity contribution in [3.05, 3.63) is 34.9 Å². The molecule has 1 aliphatic rings. The zero-order valence-corrected chi connectivity index (χ0v) is 8.30. The summed E-state index contributed by atoms with van der Waals surface area (Å²) in [6, 6.07) is 8.18. The molecule has 0 saturated heterocycles. The van der Waals surface area contributed by atoms with Crippen LogP contribution in [-0.2, 0) is 0 Å². The molecule has 1 fully saturated rings. The van der Waals surface area contributed by atoms with Crippen molar-refractivity contribution in [3.63, 3.8) is 0 Å². The van der Waals surface area contributed by atoms with E-state index in [0.29, 0.717) is 0 Å². The Balaban J connectivity index is 1.99. The van der Waals surface area contributed by atoms with Crippen molar-refractivity contribution in [1.82, 2.24) is 0 Å². The van der Waals surface area contributed by atoms with Crippen molar-refractivity contribution in [3.8, 4) is 0 Å². The molecule has 0 radical (unpaired) electrons. The Kier molecular flexibility index (Phi) is 2.56. The molecule has 0 spiro atoms. The minimum atomic E-state index is 0.728. The van der Waals surface area contributed by atoms with Crippen LogP contribution in [0.25, 0.3) is 0 Å². The van der Waals surface area contributed by atoms with E-state index in [1.807, 2.05) is 12.1 Å². The average Bonchev–Trinajstić information content (AvgIpc) is 2.06. The number of halogens is 1. The van der Waals surface area contributed by atoms with Gasteiger partial charge in [-0.2, -0.15) is 0 Å². The molecule has 2 N–H and O–H groups in total. The summed E-state index contributed by atoms with van der Waals surface area (Å²) in [4.78, 5) is 0. The van der Waals surface area contributed by atoms with Gasteiger partial charge in [0.2, 0.25) is 0 Å². The van der Waals surface area contributed by atoms with Crippen LogP contribution in [-0.4, -0.2) is 6.54 Å². The summed E-state index contributed by atoms with van der Waals surface area (Å²) < 4.78 is 0. The maximum Gasteiger partial charge on any atom is 0.0406 e. The van der Waals surface area contributed by atoms with Crippen molar-refractivity contribution in [2.75, 3.05) is 6.54 Å². The van der Waals surface area contributed by atoms with Crippen molar-refractivity contribution >= 4 is 11.6 Å². The van der Waals surface area contributed by atoms with Gasteiger partial charge in [0, 0.05) is 5.02 Å². The molecule has 1 nitrogen and oxygen atoms in total. The Labute approximate surface area is 83.9 Å². The predicted octanol–water partition coefficient (Wildman–Crippen LogP) is 2.79. The van der Waals surface area contributed by atoms with E-state index in [2.05, 4.69) is 12.1 Å². The van der Waals surface area contributed by atoms with Gasteiger partial charge in [0.05, 0.1) is 0 Å². The summed E-state index contributed by atoms with van der Waals surface area (Å²) >= 11 is 5.81. The van der Waals surface area contributed by atoms with Crippen LogP contribution in [0.1, 0.15) is 24.3 Å². The predicted molar refractivity (Wildman–Crippen MR) is 56.0 cm³/mol. The summed E-state index contributed by atoms with van der Waals surface area (Å²) in [5, 5.41) is 0.818. The second-order valence-electron chi connectivity index (χ2n) is 3.82. The molecule has 1 saturated carbocycles. The lowest BCUT2D eigenvalue weighted by atomic mass is 9.71. The minimum Gasteiger partial charge on any atom is -0.330 e. The normalized spacial score (nSPS) is 26.9. The van der Waals surface area contributed by atoms with Gasteiger partial charge in [-0.15, -0.1) is 0 Å². The van der Waals surface area contributed by atoms with Crippen molar-refractivity contribution in [2.24, 2.45) is 11.7 Å². The Morgan fingerprint density at radius 1 is 1.23 bits per heavy atom. The zero-order valence-electron chi connectivity index (χ0n) is 7.54. The van der Waals surface area contributed by atoms with Crippen molar-refractivity contribution in [1.29, 1.82) is 0 Å². The molecule has 1 aromatic rings. The Morgan fingerprint density at radius 2 is 1.85 bits per heavy atom. The molecular formula is C11H14ClN. The van der Waals surface area contributed by atoms with Gasteiger partial charge in [0.1, 0.15) is 0 Å². The SMILES string of the molecule is NCC1CC(c2ccc(Cl)cc2)C1. The zero-order chi connectivity index (χ0) is 9.26. The summed E-state index contributed by atoms with van der Waals surface area (Å²) in [6.07, 6.45) is 2.50. The quantitative estimate of drug-likeness (QED) is 0.772. The number of benzene rings is 1. The molecule has 0 aliphatic heterocycles. The summed E-state index contributed by atoms with van der Waals surface area (Å²) in [5.41, 5.74) is 6.99. The number of nitrogens with two attached hydrogens (primary N) is 1. The van der Waals surface area contributed by atoms with Gasteiger partial charge in [0.15, 0.2) is 0 Å². The molecule has 2 heteroatoms. The monoisotopic (exact) mass is 195 g/mol. The van der Waals surface area contributed by atoms with Gasteiger partial charge >= 0.3 is 0 Å². The molecule has 0 atom stereocenters. The minimum absolute atomic E-state index is 0.728. The highest BCUT2D eigenvalue weighted by atomic mass is 35.5. The second kappa shape index (κ2) is 3.69. The van der Waals surface area contributed by atoms with E-state index in [4.69, 9.17) is 17.3 Å². The van der Waals surface area contributed by atoms with Gasteiger partial charge in [-0.05, 0) is 48.9 Å². The fourth-order valence-corrected chi connectivity index (χ4v) is 2.06. The number of hydrogen-bond donors (Lipinski definition) is 1. The third-order valence-corrected chi connectivity index (χ3v) is 3.16. The van der Waals surface area contributed by atoms with Crippen molar-refractivity contribution in [2.45, 2.75) is 18.8 Å². The molecular weight excluding hydrogens is 182 g/mol. The van der Waals surface area contributed by atoms with E-state index >= 15 is 0 Å². The van der Waals surface area contributed by atoms with E-state index in [1.54, 1.807) is 0 Å². The van der Waals surface area contributed by atoms with E-state index in [0.717, 1.165) is 23.4 Å². The Hall–Kier alpha value is -0.530. The first-order chi connectivity index (χ1) is 6.29. The molecule has 0 bridgehead atoms. The molecule has 0 unspecified atom stereocenters. The van der Waals surface area contributed by atoms with Crippen molar-refractivity contribution < 1.29 is 0 Å². The first kappa shape index (κ1) is 9.04. The van der Waals surface area contributed by atoms with Crippen LogP contribution in [0, 0.1) is 5.92 Å². The lowest BCUT2D eigenvalue weighted by Crippen LogP contribution is -2.28. The topological polar surface area (TPSA) is 26.0 Å². The highest BCUT2D eigenvalue weighted by molar-refractivity contribution is 6.30. The van der Waals surface area contributed by atoms with Gasteiger partial charge in [-0.25, -0.2) is 0 Å².